The average Bonchev–Trinajstić information content (AvgIpc) is 2.40. The van der Waals surface area contributed by atoms with Gasteiger partial charge in [-0.1, -0.05) is 26.3 Å². The summed E-state index contributed by atoms with van der Waals surface area (Å²) in [4.78, 5) is 34.8. The van der Waals surface area contributed by atoms with Crippen LogP contribution in [0, 0.1) is 5.41 Å². The van der Waals surface area contributed by atoms with Crippen molar-refractivity contribution >= 4 is 17.9 Å². The summed E-state index contributed by atoms with van der Waals surface area (Å²) < 4.78 is 5.07. The molecule has 0 radical (unpaired) electrons. The number of hydrogen-bond acceptors (Lipinski definition) is 4. The normalized spacial score (nSPS) is 12.4. The third-order valence-corrected chi connectivity index (χ3v) is 3.30. The topological polar surface area (TPSA) is 96.5 Å². The molecule has 0 atom stereocenters. The van der Waals surface area contributed by atoms with E-state index >= 15 is 0 Å². The first-order chi connectivity index (χ1) is 11.3. The van der Waals surface area contributed by atoms with Crippen LogP contribution in [-0.4, -0.2) is 43.1 Å². The van der Waals surface area contributed by atoms with E-state index in [0.29, 0.717) is 13.1 Å². The number of nitrogens with one attached hydrogen (secondary N) is 3. The van der Waals surface area contributed by atoms with Crippen LogP contribution in [-0.2, 0) is 14.3 Å². The van der Waals surface area contributed by atoms with Crippen molar-refractivity contribution < 1.29 is 19.1 Å². The second-order valence-corrected chi connectivity index (χ2v) is 7.90. The third kappa shape index (κ3) is 13.0. The molecule has 0 aliphatic carbocycles. The molecule has 7 nitrogen and oxygen atoms in total. The first-order valence-corrected chi connectivity index (χ1v) is 8.51. The van der Waals surface area contributed by atoms with Crippen molar-refractivity contribution in [3.63, 3.8) is 0 Å². The van der Waals surface area contributed by atoms with Crippen LogP contribution in [0.3, 0.4) is 0 Å². The van der Waals surface area contributed by atoms with Gasteiger partial charge in [-0.15, -0.1) is 0 Å². The quantitative estimate of drug-likeness (QED) is 0.481. The Morgan fingerprint density at radius 3 is 1.96 bits per heavy atom. The van der Waals surface area contributed by atoms with Crippen LogP contribution in [0.2, 0.25) is 0 Å². The molecule has 0 heterocycles. The lowest BCUT2D eigenvalue weighted by atomic mass is 9.87. The number of carbonyl (C=O) groups is 3. The molecule has 7 heteroatoms. The fraction of sp³-hybridized carbons (Fsp3) is 0.722. The molecule has 0 saturated heterocycles. The fourth-order valence-electron chi connectivity index (χ4n) is 1.53. The van der Waals surface area contributed by atoms with E-state index in [1.807, 2.05) is 27.7 Å². The van der Waals surface area contributed by atoms with E-state index in [-0.39, 0.29) is 30.2 Å². The zero-order chi connectivity index (χ0) is 19.7. The van der Waals surface area contributed by atoms with Crippen molar-refractivity contribution in [1.29, 1.82) is 0 Å². The zero-order valence-electron chi connectivity index (χ0n) is 16.5. The highest BCUT2D eigenvalue weighted by atomic mass is 16.6. The van der Waals surface area contributed by atoms with Gasteiger partial charge in [-0.25, -0.2) is 4.79 Å². The lowest BCUT2D eigenvalue weighted by molar-refractivity contribution is -0.121. The Labute approximate surface area is 151 Å². The molecule has 0 fully saturated rings. The summed E-state index contributed by atoms with van der Waals surface area (Å²) in [5.41, 5.74) is 0.374. The van der Waals surface area contributed by atoms with Gasteiger partial charge in [0.05, 0.1) is 0 Å². The highest BCUT2D eigenvalue weighted by Crippen LogP contribution is 2.23. The Kier molecular flexibility index (Phi) is 9.23. The average molecular weight is 355 g/mol. The van der Waals surface area contributed by atoms with Gasteiger partial charge in [-0.3, -0.25) is 9.59 Å². The third-order valence-electron chi connectivity index (χ3n) is 3.30. The molecule has 0 aromatic rings. The Balaban J connectivity index is 3.88. The van der Waals surface area contributed by atoms with Gasteiger partial charge >= 0.3 is 6.09 Å². The molecule has 0 rings (SSSR count). The predicted octanol–water partition coefficient (Wildman–Crippen LogP) is 2.13. The second kappa shape index (κ2) is 10.1. The summed E-state index contributed by atoms with van der Waals surface area (Å²) in [6.07, 6.45) is 1.18. The molecule has 144 valence electrons. The Bertz CT molecular complexity index is 499. The fourth-order valence-corrected chi connectivity index (χ4v) is 1.53. The van der Waals surface area contributed by atoms with Crippen LogP contribution in [0.25, 0.3) is 0 Å². The Hall–Kier alpha value is -2.05. The van der Waals surface area contributed by atoms with Crippen molar-refractivity contribution in [2.75, 3.05) is 19.6 Å². The first kappa shape index (κ1) is 22.9. The monoisotopic (exact) mass is 355 g/mol. The van der Waals surface area contributed by atoms with E-state index in [1.165, 1.54) is 0 Å². The largest absolute Gasteiger partial charge is 0.444 e. The molecule has 0 aliphatic heterocycles. The van der Waals surface area contributed by atoms with Crippen LogP contribution in [0.5, 0.6) is 0 Å². The number of carbonyl (C=O) groups excluding carboxylic acids is 3. The maximum atomic E-state index is 11.7. The van der Waals surface area contributed by atoms with Crippen LogP contribution < -0.4 is 16.0 Å². The second-order valence-electron chi connectivity index (χ2n) is 7.90. The number of allylic oxidation sites excluding steroid dienone is 1. The molecule has 3 N–H and O–H groups in total. The summed E-state index contributed by atoms with van der Waals surface area (Å²) in [5, 5.41) is 7.91. The molecule has 0 bridgehead atoms. The van der Waals surface area contributed by atoms with Gasteiger partial charge in [-0.2, -0.15) is 0 Å². The minimum atomic E-state index is -0.565. The maximum absolute atomic E-state index is 11.7. The zero-order valence-corrected chi connectivity index (χ0v) is 16.5. The van der Waals surface area contributed by atoms with E-state index in [2.05, 4.69) is 16.0 Å². The van der Waals surface area contributed by atoms with Gasteiger partial charge in [-0.05, 0) is 33.1 Å². The van der Waals surface area contributed by atoms with Crippen molar-refractivity contribution in [1.82, 2.24) is 16.0 Å². The van der Waals surface area contributed by atoms with Gasteiger partial charge in [0.25, 0.3) is 0 Å². The Morgan fingerprint density at radius 2 is 1.44 bits per heavy atom. The summed E-state index contributed by atoms with van der Waals surface area (Å²) in [6, 6.07) is 0. The Morgan fingerprint density at radius 1 is 0.880 bits per heavy atom. The number of rotatable bonds is 7. The van der Waals surface area contributed by atoms with Gasteiger partial charge in [0.1, 0.15) is 5.60 Å². The van der Waals surface area contributed by atoms with E-state index < -0.39 is 11.7 Å². The molecule has 0 saturated carbocycles. The molecular formula is C18H33N3O4. The van der Waals surface area contributed by atoms with Crippen LogP contribution in [0.4, 0.5) is 4.79 Å². The van der Waals surface area contributed by atoms with Gasteiger partial charge < -0.3 is 20.7 Å². The molecule has 0 aliphatic rings. The number of ether oxygens (including phenoxy) is 1. The van der Waals surface area contributed by atoms with Crippen LogP contribution in [0.15, 0.2) is 11.6 Å². The van der Waals surface area contributed by atoms with Crippen molar-refractivity contribution in [2.45, 2.75) is 60.5 Å². The minimum Gasteiger partial charge on any atom is -0.444 e. The summed E-state index contributed by atoms with van der Waals surface area (Å²) in [7, 11) is 0. The summed E-state index contributed by atoms with van der Waals surface area (Å²) in [6.45, 7) is 14.2. The highest BCUT2D eigenvalue weighted by molar-refractivity contribution is 5.88. The highest BCUT2D eigenvalue weighted by Gasteiger charge is 2.16. The first-order valence-electron chi connectivity index (χ1n) is 8.51. The van der Waals surface area contributed by atoms with E-state index in [1.54, 1.807) is 26.8 Å². The smallest absolute Gasteiger partial charge is 0.407 e. The summed E-state index contributed by atoms with van der Waals surface area (Å²) in [5.74, 6) is -0.375. The predicted molar refractivity (Wildman–Crippen MR) is 98.1 cm³/mol. The minimum absolute atomic E-state index is 0.0489. The SMILES string of the molecule is C/C(=C\C(=O)NCCNC(=O)CCNC(=O)OC(C)(C)C)C(C)(C)C. The van der Waals surface area contributed by atoms with Gasteiger partial charge in [0.2, 0.25) is 11.8 Å². The van der Waals surface area contributed by atoms with Crippen molar-refractivity contribution in [3.8, 4) is 0 Å². The van der Waals surface area contributed by atoms with Crippen molar-refractivity contribution in [3.05, 3.63) is 11.6 Å². The lowest BCUT2D eigenvalue weighted by Crippen LogP contribution is -2.37. The van der Waals surface area contributed by atoms with Gasteiger partial charge in [0, 0.05) is 32.1 Å². The van der Waals surface area contributed by atoms with E-state index in [4.69, 9.17) is 4.74 Å². The number of hydrogen-bond donors (Lipinski definition) is 3. The van der Waals surface area contributed by atoms with Gasteiger partial charge in [0.15, 0.2) is 0 Å². The molecule has 3 amide bonds. The molecule has 25 heavy (non-hydrogen) atoms. The van der Waals surface area contributed by atoms with E-state index in [0.717, 1.165) is 5.57 Å². The van der Waals surface area contributed by atoms with Crippen LogP contribution >= 0.6 is 0 Å². The van der Waals surface area contributed by atoms with Crippen molar-refractivity contribution in [2.24, 2.45) is 5.41 Å². The summed E-state index contributed by atoms with van der Waals surface area (Å²) >= 11 is 0. The molecular weight excluding hydrogens is 322 g/mol. The number of amides is 3. The molecule has 0 unspecified atom stereocenters. The lowest BCUT2D eigenvalue weighted by Gasteiger charge is -2.19. The van der Waals surface area contributed by atoms with E-state index in [9.17, 15) is 14.4 Å². The standard InChI is InChI=1S/C18H33N3O4/c1-13(17(2,3)4)12-15(23)20-11-10-19-14(22)8-9-21-16(24)25-18(5,6)7/h12H,8-11H2,1-7H3,(H,19,22)(H,20,23)(H,21,24)/b13-12+. The molecule has 0 aromatic carbocycles. The molecule has 0 spiro atoms. The number of alkyl carbamates (subject to hydrolysis) is 1. The molecule has 0 aromatic heterocycles. The maximum Gasteiger partial charge on any atom is 0.407 e. The van der Waals surface area contributed by atoms with Crippen LogP contribution in [0.1, 0.15) is 54.9 Å².